The standard InChI is InChI=1S/C55H101NO5/c1-4-7-10-13-16-19-22-24-26-27-28-29-32-34-37-40-43-46-51(61-55(60)48-45-42-39-36-31-21-18-15-12-9-6-3)49-54(59)56-52(50-57)53(58)47-44-41-38-35-33-30-25-23-20-17-14-11-8-5-2/h15-16,18-19,24,26,28-29,51-53,57-58H,4-14,17,20-23,25,27,30-50H2,1-3H3,(H,56,59)/b18-15-,19-16-,26-24-,29-28-. The van der Waals surface area contributed by atoms with E-state index in [9.17, 15) is 19.8 Å². The van der Waals surface area contributed by atoms with E-state index in [1.807, 2.05) is 0 Å². The fraction of sp³-hybridized carbons (Fsp3) is 0.818. The number of esters is 1. The van der Waals surface area contributed by atoms with Crippen LogP contribution in [0.3, 0.4) is 0 Å². The molecule has 6 heteroatoms. The van der Waals surface area contributed by atoms with Crippen molar-refractivity contribution in [2.24, 2.45) is 0 Å². The first-order chi connectivity index (χ1) is 30.0. The van der Waals surface area contributed by atoms with Crippen molar-refractivity contribution in [2.75, 3.05) is 6.61 Å². The first-order valence-electron chi connectivity index (χ1n) is 26.4. The summed E-state index contributed by atoms with van der Waals surface area (Å²) in [7, 11) is 0. The zero-order chi connectivity index (χ0) is 44.5. The Morgan fingerprint density at radius 2 is 0.852 bits per heavy atom. The molecule has 0 rings (SSSR count). The first kappa shape index (κ1) is 58.8. The Kier molecular flexibility index (Phi) is 47.1. The molecule has 356 valence electrons. The van der Waals surface area contributed by atoms with Gasteiger partial charge in [-0.1, -0.05) is 217 Å². The van der Waals surface area contributed by atoms with Gasteiger partial charge in [0.25, 0.3) is 0 Å². The molecule has 3 N–H and O–H groups in total. The van der Waals surface area contributed by atoms with Gasteiger partial charge in [0.1, 0.15) is 6.10 Å². The fourth-order valence-corrected chi connectivity index (χ4v) is 7.83. The number of rotatable bonds is 47. The number of carbonyl (C=O) groups excluding carboxylic acids is 2. The van der Waals surface area contributed by atoms with Crippen molar-refractivity contribution in [3.63, 3.8) is 0 Å². The highest BCUT2D eigenvalue weighted by Crippen LogP contribution is 2.18. The third kappa shape index (κ3) is 44.2. The molecule has 0 aromatic heterocycles. The van der Waals surface area contributed by atoms with Gasteiger partial charge < -0.3 is 20.3 Å². The van der Waals surface area contributed by atoms with Crippen molar-refractivity contribution in [2.45, 2.75) is 283 Å². The summed E-state index contributed by atoms with van der Waals surface area (Å²) < 4.78 is 5.92. The number of aliphatic hydroxyl groups is 2. The molecule has 0 heterocycles. The van der Waals surface area contributed by atoms with Gasteiger partial charge in [-0.2, -0.15) is 0 Å². The van der Waals surface area contributed by atoms with Crippen molar-refractivity contribution in [3.05, 3.63) is 48.6 Å². The van der Waals surface area contributed by atoms with Crippen molar-refractivity contribution < 1.29 is 24.5 Å². The van der Waals surface area contributed by atoms with Crippen LogP contribution in [0.5, 0.6) is 0 Å². The van der Waals surface area contributed by atoms with E-state index in [0.717, 1.165) is 89.9 Å². The molecule has 3 atom stereocenters. The highest BCUT2D eigenvalue weighted by Gasteiger charge is 2.24. The molecule has 0 aromatic rings. The monoisotopic (exact) mass is 856 g/mol. The second-order valence-electron chi connectivity index (χ2n) is 17.9. The van der Waals surface area contributed by atoms with Gasteiger partial charge >= 0.3 is 5.97 Å². The van der Waals surface area contributed by atoms with Gasteiger partial charge in [-0.3, -0.25) is 9.59 Å². The molecule has 0 bridgehead atoms. The van der Waals surface area contributed by atoms with Crippen LogP contribution in [0.15, 0.2) is 48.6 Å². The Morgan fingerprint density at radius 1 is 0.475 bits per heavy atom. The second kappa shape index (κ2) is 48.8. The molecule has 3 unspecified atom stereocenters. The van der Waals surface area contributed by atoms with Gasteiger partial charge in [-0.05, 0) is 83.5 Å². The number of allylic oxidation sites excluding steroid dienone is 8. The van der Waals surface area contributed by atoms with E-state index >= 15 is 0 Å². The number of unbranched alkanes of at least 4 members (excludes halogenated alkanes) is 27. The molecule has 0 saturated heterocycles. The minimum Gasteiger partial charge on any atom is -0.462 e. The maximum atomic E-state index is 13.2. The molecule has 0 aliphatic carbocycles. The number of carbonyl (C=O) groups is 2. The van der Waals surface area contributed by atoms with E-state index < -0.39 is 18.2 Å². The van der Waals surface area contributed by atoms with Gasteiger partial charge in [0.15, 0.2) is 0 Å². The van der Waals surface area contributed by atoms with Crippen molar-refractivity contribution in [1.82, 2.24) is 5.32 Å². The van der Waals surface area contributed by atoms with Crippen LogP contribution < -0.4 is 5.32 Å². The van der Waals surface area contributed by atoms with E-state index in [1.165, 1.54) is 128 Å². The van der Waals surface area contributed by atoms with Gasteiger partial charge in [-0.25, -0.2) is 0 Å². The quantitative estimate of drug-likeness (QED) is 0.0322. The molecule has 0 aliphatic rings. The highest BCUT2D eigenvalue weighted by atomic mass is 16.5. The zero-order valence-electron chi connectivity index (χ0n) is 40.5. The second-order valence-corrected chi connectivity index (χ2v) is 17.9. The van der Waals surface area contributed by atoms with Crippen LogP contribution in [0.1, 0.15) is 265 Å². The normalized spacial score (nSPS) is 13.6. The molecule has 0 saturated carbocycles. The van der Waals surface area contributed by atoms with Gasteiger partial charge in [-0.15, -0.1) is 0 Å². The van der Waals surface area contributed by atoms with E-state index in [-0.39, 0.29) is 24.9 Å². The molecule has 0 spiro atoms. The zero-order valence-corrected chi connectivity index (χ0v) is 40.5. The Morgan fingerprint density at radius 3 is 1.36 bits per heavy atom. The molecular formula is C55H101NO5. The van der Waals surface area contributed by atoms with Crippen molar-refractivity contribution >= 4 is 11.9 Å². The van der Waals surface area contributed by atoms with E-state index in [4.69, 9.17) is 4.74 Å². The number of aliphatic hydroxyl groups excluding tert-OH is 2. The summed E-state index contributed by atoms with van der Waals surface area (Å²) in [5.74, 6) is -0.502. The SMILES string of the molecule is CCCC/C=C\CCCCCCCC(=O)OC(CCCCCC/C=C\C/C=C\C/C=C\CCCCC)CC(=O)NC(CO)C(O)CCCCCCCCCCCCCCCC. The maximum Gasteiger partial charge on any atom is 0.306 e. The molecule has 0 radical (unpaired) electrons. The molecule has 0 aliphatic heterocycles. The number of hydrogen-bond donors (Lipinski definition) is 3. The predicted octanol–water partition coefficient (Wildman–Crippen LogP) is 15.8. The minimum atomic E-state index is -0.795. The largest absolute Gasteiger partial charge is 0.462 e. The third-order valence-electron chi connectivity index (χ3n) is 11.9. The predicted molar refractivity (Wildman–Crippen MR) is 264 cm³/mol. The van der Waals surface area contributed by atoms with Gasteiger partial charge in [0.2, 0.25) is 5.91 Å². The molecule has 0 fully saturated rings. The van der Waals surface area contributed by atoms with E-state index in [1.54, 1.807) is 0 Å². The molecule has 6 nitrogen and oxygen atoms in total. The summed E-state index contributed by atoms with van der Waals surface area (Å²) >= 11 is 0. The maximum absolute atomic E-state index is 13.2. The first-order valence-corrected chi connectivity index (χ1v) is 26.4. The van der Waals surface area contributed by atoms with Crippen LogP contribution in [-0.4, -0.2) is 46.9 Å². The number of nitrogens with one attached hydrogen (secondary N) is 1. The van der Waals surface area contributed by atoms with Gasteiger partial charge in [0, 0.05) is 6.42 Å². The highest BCUT2D eigenvalue weighted by molar-refractivity contribution is 5.77. The number of hydrogen-bond acceptors (Lipinski definition) is 5. The molecule has 61 heavy (non-hydrogen) atoms. The third-order valence-corrected chi connectivity index (χ3v) is 11.9. The van der Waals surface area contributed by atoms with Crippen LogP contribution in [0, 0.1) is 0 Å². The van der Waals surface area contributed by atoms with Crippen molar-refractivity contribution in [1.29, 1.82) is 0 Å². The molecule has 1 amide bonds. The number of amides is 1. The summed E-state index contributed by atoms with van der Waals surface area (Å²) in [6, 6.07) is -0.710. The van der Waals surface area contributed by atoms with Crippen molar-refractivity contribution in [3.8, 4) is 0 Å². The lowest BCUT2D eigenvalue weighted by Gasteiger charge is -2.24. The summed E-state index contributed by atoms with van der Waals surface area (Å²) in [6.07, 6.45) is 58.8. The summed E-state index contributed by atoms with van der Waals surface area (Å²) in [4.78, 5) is 26.1. The molecular weight excluding hydrogens is 755 g/mol. The summed E-state index contributed by atoms with van der Waals surface area (Å²) in [6.45, 7) is 6.42. The Bertz CT molecular complexity index is 1050. The van der Waals surface area contributed by atoms with Crippen LogP contribution in [0.2, 0.25) is 0 Å². The summed E-state index contributed by atoms with van der Waals surface area (Å²) in [5.41, 5.74) is 0. The van der Waals surface area contributed by atoms with Crippen LogP contribution in [-0.2, 0) is 14.3 Å². The Labute approximate surface area is 378 Å². The number of ether oxygens (including phenoxy) is 1. The lowest BCUT2D eigenvalue weighted by molar-refractivity contribution is -0.151. The average molecular weight is 856 g/mol. The van der Waals surface area contributed by atoms with Crippen LogP contribution in [0.25, 0.3) is 0 Å². The van der Waals surface area contributed by atoms with Crippen LogP contribution >= 0.6 is 0 Å². The smallest absolute Gasteiger partial charge is 0.306 e. The van der Waals surface area contributed by atoms with E-state index in [2.05, 4.69) is 74.7 Å². The topological polar surface area (TPSA) is 95.9 Å². The Hall–Kier alpha value is -2.18. The summed E-state index contributed by atoms with van der Waals surface area (Å²) in [5, 5.41) is 23.8. The lowest BCUT2D eigenvalue weighted by atomic mass is 10.0. The van der Waals surface area contributed by atoms with E-state index in [0.29, 0.717) is 19.3 Å². The van der Waals surface area contributed by atoms with Crippen LogP contribution in [0.4, 0.5) is 0 Å². The molecule has 0 aromatic carbocycles. The fourth-order valence-electron chi connectivity index (χ4n) is 7.83. The minimum absolute atomic E-state index is 0.0600. The lowest BCUT2D eigenvalue weighted by Crippen LogP contribution is -2.46. The van der Waals surface area contributed by atoms with Gasteiger partial charge in [0.05, 0.1) is 25.2 Å². The average Bonchev–Trinajstić information content (AvgIpc) is 3.25. The Balaban J connectivity index is 4.61.